The number of fused-ring (bicyclic) bond motifs is 6. The summed E-state index contributed by atoms with van der Waals surface area (Å²) in [6, 6.07) is 49.6. The number of nitrogens with zero attached hydrogens (tertiary/aromatic N) is 2. The van der Waals surface area contributed by atoms with Crippen LogP contribution >= 0.6 is 11.3 Å². The molecule has 8 aromatic rings. The van der Waals surface area contributed by atoms with Gasteiger partial charge in [0.15, 0.2) is 0 Å². The molecule has 0 amide bonds. The van der Waals surface area contributed by atoms with E-state index in [1.807, 2.05) is 23.5 Å². The molecule has 0 N–H and O–H groups in total. The van der Waals surface area contributed by atoms with Crippen LogP contribution in [0.25, 0.3) is 69.9 Å². The molecule has 3 heteroatoms. The highest BCUT2D eigenvalue weighted by Gasteiger charge is 2.14. The number of thiophene rings is 1. The van der Waals surface area contributed by atoms with Crippen LogP contribution in [0.2, 0.25) is 0 Å². The fraction of sp³-hybridized carbons (Fsp3) is 0. The lowest BCUT2D eigenvalue weighted by molar-refractivity contribution is 1.18. The first kappa shape index (κ1) is 22.8. The Morgan fingerprint density at radius 1 is 0.475 bits per heavy atom. The second-order valence-corrected chi connectivity index (χ2v) is 11.2. The monoisotopic (exact) mass is 526 g/mol. The average molecular weight is 527 g/mol. The Balaban J connectivity index is 1.29. The molecular weight excluding hydrogens is 504 g/mol. The van der Waals surface area contributed by atoms with E-state index in [-0.39, 0.29) is 0 Å². The molecule has 40 heavy (non-hydrogen) atoms. The molecule has 0 atom stereocenters. The summed E-state index contributed by atoms with van der Waals surface area (Å²) in [6.45, 7) is 0. The quantitative estimate of drug-likeness (QED) is 0.225. The third-order valence-corrected chi connectivity index (χ3v) is 8.94. The van der Waals surface area contributed by atoms with Crippen molar-refractivity contribution in [2.75, 3.05) is 0 Å². The summed E-state index contributed by atoms with van der Waals surface area (Å²) >= 11 is 1.84. The number of hydrogen-bond acceptors (Lipinski definition) is 2. The molecule has 6 aromatic carbocycles. The minimum atomic E-state index is 0.644. The first-order valence-corrected chi connectivity index (χ1v) is 14.1. The number of nitriles is 1. The van der Waals surface area contributed by atoms with Crippen molar-refractivity contribution in [3.05, 3.63) is 139 Å². The number of aromatic nitrogens is 1. The molecule has 0 saturated heterocycles. The van der Waals surface area contributed by atoms with Crippen molar-refractivity contribution >= 4 is 53.3 Å². The van der Waals surface area contributed by atoms with Gasteiger partial charge in [-0.2, -0.15) is 5.26 Å². The first-order chi connectivity index (χ1) is 19.8. The van der Waals surface area contributed by atoms with Crippen molar-refractivity contribution in [1.29, 1.82) is 5.26 Å². The van der Waals surface area contributed by atoms with Crippen molar-refractivity contribution in [2.45, 2.75) is 0 Å². The zero-order chi connectivity index (χ0) is 26.6. The Morgan fingerprint density at radius 2 is 1.10 bits per heavy atom. The van der Waals surface area contributed by atoms with Crippen molar-refractivity contribution in [1.82, 2.24) is 4.57 Å². The highest BCUT2D eigenvalue weighted by atomic mass is 32.1. The van der Waals surface area contributed by atoms with Gasteiger partial charge in [-0.1, -0.05) is 78.9 Å². The molecule has 0 radical (unpaired) electrons. The van der Waals surface area contributed by atoms with Crippen LogP contribution in [-0.2, 0) is 0 Å². The predicted octanol–water partition coefficient (Wildman–Crippen LogP) is 10.4. The zero-order valence-electron chi connectivity index (χ0n) is 21.5. The molecule has 0 fully saturated rings. The van der Waals surface area contributed by atoms with E-state index in [4.69, 9.17) is 0 Å². The second kappa shape index (κ2) is 8.95. The molecule has 0 aliphatic rings. The van der Waals surface area contributed by atoms with Crippen molar-refractivity contribution in [2.24, 2.45) is 0 Å². The minimum Gasteiger partial charge on any atom is -0.309 e. The van der Waals surface area contributed by atoms with E-state index in [0.717, 1.165) is 33.4 Å². The Kier molecular flexibility index (Phi) is 5.10. The first-order valence-electron chi connectivity index (χ1n) is 13.3. The summed E-state index contributed by atoms with van der Waals surface area (Å²) in [5, 5.41) is 15.0. The zero-order valence-corrected chi connectivity index (χ0v) is 22.3. The largest absolute Gasteiger partial charge is 0.309 e. The van der Waals surface area contributed by atoms with Crippen molar-refractivity contribution in [3.63, 3.8) is 0 Å². The van der Waals surface area contributed by atoms with E-state index >= 15 is 0 Å². The van der Waals surface area contributed by atoms with Gasteiger partial charge in [0, 0.05) is 36.6 Å². The summed E-state index contributed by atoms with van der Waals surface area (Å²) < 4.78 is 4.89. The maximum atomic E-state index is 10.00. The molecule has 0 bridgehead atoms. The van der Waals surface area contributed by atoms with Crippen LogP contribution < -0.4 is 0 Å². The lowest BCUT2D eigenvalue weighted by atomic mass is 9.96. The number of para-hydroxylation sites is 2. The van der Waals surface area contributed by atoms with E-state index in [1.165, 1.54) is 36.5 Å². The molecule has 186 valence electrons. The van der Waals surface area contributed by atoms with Gasteiger partial charge in [0.05, 0.1) is 22.7 Å². The molecule has 2 nitrogen and oxygen atoms in total. The normalized spacial score (nSPS) is 11.5. The molecular formula is C37H22N2S. The number of hydrogen-bond donors (Lipinski definition) is 0. The molecule has 0 unspecified atom stereocenters. The van der Waals surface area contributed by atoms with Gasteiger partial charge in [-0.25, -0.2) is 0 Å². The molecule has 0 aliphatic heterocycles. The van der Waals surface area contributed by atoms with Gasteiger partial charge in [0.2, 0.25) is 0 Å². The van der Waals surface area contributed by atoms with Crippen LogP contribution in [0.5, 0.6) is 0 Å². The van der Waals surface area contributed by atoms with E-state index in [0.29, 0.717) is 5.56 Å². The maximum Gasteiger partial charge on any atom is 0.0992 e. The average Bonchev–Trinajstić information content (AvgIpc) is 3.56. The van der Waals surface area contributed by atoms with Crippen LogP contribution in [0, 0.1) is 11.3 Å². The lowest BCUT2D eigenvalue weighted by Crippen LogP contribution is -1.96. The standard InChI is InChI=1S/C37H22N2S/c38-23-24-18-28(21-29(19-24)39-34-13-4-1-10-30(34)31-11-2-5-14-35(31)39)26-9-7-8-25(20-26)27-16-17-37-33(22-27)32-12-3-6-15-36(32)40-37/h1-22H. The van der Waals surface area contributed by atoms with E-state index in [1.54, 1.807) is 0 Å². The summed E-state index contributed by atoms with van der Waals surface area (Å²) in [7, 11) is 0. The van der Waals surface area contributed by atoms with E-state index < -0.39 is 0 Å². The topological polar surface area (TPSA) is 28.7 Å². The SMILES string of the molecule is N#Cc1cc(-c2cccc(-c3ccc4sc5ccccc5c4c3)c2)cc(-n2c3ccccc3c3ccccc32)c1. The highest BCUT2D eigenvalue weighted by Crippen LogP contribution is 2.38. The van der Waals surface area contributed by atoms with Crippen LogP contribution in [0.1, 0.15) is 5.56 Å². The van der Waals surface area contributed by atoms with Gasteiger partial charge >= 0.3 is 0 Å². The van der Waals surface area contributed by atoms with Gasteiger partial charge in [-0.3, -0.25) is 0 Å². The third kappa shape index (κ3) is 3.55. The molecule has 2 aromatic heterocycles. The van der Waals surface area contributed by atoms with Gasteiger partial charge in [-0.05, 0) is 76.9 Å². The van der Waals surface area contributed by atoms with Crippen LogP contribution in [0.4, 0.5) is 0 Å². The summed E-state index contributed by atoms with van der Waals surface area (Å²) in [5.74, 6) is 0. The van der Waals surface area contributed by atoms with Gasteiger partial charge in [0.1, 0.15) is 0 Å². The summed E-state index contributed by atoms with van der Waals surface area (Å²) in [6.07, 6.45) is 0. The van der Waals surface area contributed by atoms with Gasteiger partial charge in [0.25, 0.3) is 0 Å². The molecule has 8 rings (SSSR count). The summed E-state index contributed by atoms with van der Waals surface area (Å²) in [4.78, 5) is 0. The smallest absolute Gasteiger partial charge is 0.0992 e. The highest BCUT2D eigenvalue weighted by molar-refractivity contribution is 7.25. The van der Waals surface area contributed by atoms with E-state index in [9.17, 15) is 5.26 Å². The van der Waals surface area contributed by atoms with Crippen LogP contribution in [-0.4, -0.2) is 4.57 Å². The van der Waals surface area contributed by atoms with E-state index in [2.05, 4.69) is 132 Å². The summed E-state index contributed by atoms with van der Waals surface area (Å²) in [5.41, 5.74) is 8.37. The number of rotatable bonds is 3. The predicted molar refractivity (Wildman–Crippen MR) is 169 cm³/mol. The fourth-order valence-electron chi connectivity index (χ4n) is 5.96. The van der Waals surface area contributed by atoms with Crippen molar-refractivity contribution < 1.29 is 0 Å². The lowest BCUT2D eigenvalue weighted by Gasteiger charge is -2.12. The second-order valence-electron chi connectivity index (χ2n) is 10.1. The fourth-order valence-corrected chi connectivity index (χ4v) is 7.04. The van der Waals surface area contributed by atoms with Gasteiger partial charge < -0.3 is 4.57 Å². The van der Waals surface area contributed by atoms with Crippen LogP contribution in [0.3, 0.4) is 0 Å². The Morgan fingerprint density at radius 3 is 1.85 bits per heavy atom. The number of benzene rings is 6. The van der Waals surface area contributed by atoms with Crippen molar-refractivity contribution in [3.8, 4) is 34.0 Å². The Bertz CT molecular complexity index is 2240. The third-order valence-electron chi connectivity index (χ3n) is 7.79. The molecule has 0 spiro atoms. The minimum absolute atomic E-state index is 0.644. The Hall–Kier alpha value is -5.17. The van der Waals surface area contributed by atoms with Gasteiger partial charge in [-0.15, -0.1) is 11.3 Å². The molecule has 2 heterocycles. The molecule has 0 saturated carbocycles. The maximum absolute atomic E-state index is 10.00. The van der Waals surface area contributed by atoms with Crippen LogP contribution in [0.15, 0.2) is 133 Å². The Labute approximate surface area is 235 Å². The molecule has 0 aliphatic carbocycles.